The van der Waals surface area contributed by atoms with Gasteiger partial charge in [0.1, 0.15) is 39.5 Å². The predicted octanol–water partition coefficient (Wildman–Crippen LogP) is 30.5. The van der Waals surface area contributed by atoms with Gasteiger partial charge in [0, 0.05) is 113 Å². The molecule has 133 heavy (non-hydrogen) atoms. The number of imidazole rings is 4. The van der Waals surface area contributed by atoms with E-state index in [1.165, 1.54) is 22.5 Å². The highest BCUT2D eigenvalue weighted by atomic mass is 16.4. The minimum Gasteiger partial charge on any atom is -0.441 e. The fourth-order valence-electron chi connectivity index (χ4n) is 13.3. The Hall–Kier alpha value is -11.7. The van der Waals surface area contributed by atoms with Crippen LogP contribution in [-0.2, 0) is 54.5 Å². The van der Waals surface area contributed by atoms with Crippen LogP contribution in [0.3, 0.4) is 0 Å². The van der Waals surface area contributed by atoms with E-state index in [4.69, 9.17) is 8.83 Å². The van der Waals surface area contributed by atoms with Crippen LogP contribution in [0.5, 0.6) is 0 Å². The van der Waals surface area contributed by atoms with Crippen LogP contribution in [0.2, 0.25) is 0 Å². The van der Waals surface area contributed by atoms with Gasteiger partial charge in [-0.05, 0) is 188 Å². The molecular weight excluding hydrogens is 1650 g/mol. The summed E-state index contributed by atoms with van der Waals surface area (Å²) in [5.41, 5.74) is 16.8. The topological polar surface area (TPSA) is 236 Å². The number of aromatic nitrogens is 13. The fourth-order valence-corrected chi connectivity index (χ4v) is 13.3. The number of para-hydroxylation sites is 9. The van der Waals surface area contributed by atoms with Gasteiger partial charge in [-0.1, -0.05) is 277 Å². The third-order valence-corrected chi connectivity index (χ3v) is 18.7. The second-order valence-electron chi connectivity index (χ2n) is 35.2. The molecule has 0 amide bonds. The highest BCUT2D eigenvalue weighted by Gasteiger charge is 2.25. The summed E-state index contributed by atoms with van der Waals surface area (Å²) in [5.74, 6) is 7.56. The number of benzene rings is 6. The molecule has 0 saturated carbocycles. The van der Waals surface area contributed by atoms with Gasteiger partial charge in [-0.3, -0.25) is 14.2 Å². The fraction of sp³-hybridized carbons (Fsp3) is 0.482. The normalized spacial score (nSPS) is 11.5. The quantitative estimate of drug-likeness (QED) is 0.0840. The van der Waals surface area contributed by atoms with Crippen molar-refractivity contribution in [3.8, 4) is 0 Å². The van der Waals surface area contributed by atoms with Crippen molar-refractivity contribution in [2.75, 3.05) is 21.3 Å². The van der Waals surface area contributed by atoms with E-state index in [1.54, 1.807) is 12.3 Å². The van der Waals surface area contributed by atoms with Crippen LogP contribution < -0.4 is 26.7 Å². The Morgan fingerprint density at radius 2 is 0.805 bits per heavy atom. The molecule has 0 radical (unpaired) electrons. The van der Waals surface area contributed by atoms with Gasteiger partial charge in [0.05, 0.1) is 27.6 Å². The number of hydrogen-bond donors (Lipinski definition) is 4. The Morgan fingerprint density at radius 3 is 1.27 bits per heavy atom. The molecule has 1 unspecified atom stereocenters. The van der Waals surface area contributed by atoms with E-state index in [2.05, 4.69) is 251 Å². The highest BCUT2D eigenvalue weighted by molar-refractivity contribution is 6.07. The molecule has 21 heteroatoms. The Morgan fingerprint density at radius 1 is 0.383 bits per heavy atom. The number of fused-ring (bicyclic) bond motifs is 8. The van der Waals surface area contributed by atoms with Crippen molar-refractivity contribution >= 4 is 107 Å². The average Bonchev–Trinajstić information content (AvgIpc) is 1.80. The van der Waals surface area contributed by atoms with Crippen LogP contribution in [-0.4, -0.2) is 92.2 Å². The first-order valence-electron chi connectivity index (χ1n) is 48.9. The van der Waals surface area contributed by atoms with E-state index in [-0.39, 0.29) is 27.6 Å². The molecule has 0 bridgehead atoms. The molecule has 0 fully saturated rings. The number of pyridine rings is 3. The van der Waals surface area contributed by atoms with Crippen LogP contribution in [0, 0.1) is 22.7 Å². The maximum atomic E-state index is 11.9. The number of ketones is 1. The summed E-state index contributed by atoms with van der Waals surface area (Å²) >= 11 is 0. The van der Waals surface area contributed by atoms with Gasteiger partial charge in [0.25, 0.3) is 6.01 Å². The largest absolute Gasteiger partial charge is 0.441 e. The molecular formula is C112H173N17O4. The van der Waals surface area contributed by atoms with Crippen molar-refractivity contribution in [2.24, 2.45) is 57.9 Å². The van der Waals surface area contributed by atoms with Gasteiger partial charge in [-0.2, -0.15) is 4.98 Å². The molecule has 1 atom stereocenters. The van der Waals surface area contributed by atoms with E-state index >= 15 is 0 Å². The van der Waals surface area contributed by atoms with E-state index in [1.807, 2.05) is 300 Å². The maximum absolute atomic E-state index is 11.9. The standard InChI is InChI=1S/C15H18O.C13H16N2O.C13H18N2.C12H17N3.C12H15NO.C11H15N3.C10H14N4.C10H12N2O.8C2H6/c1-10(2)8-12-9-15(16)14-7-5-4-6-13(14)11(12)3;1-9(2)14-13-8-12(16)10-6-4-5-7-11(10)15(13)3;1-13(2,3)9-12-14-10-7-5-6-8-11(10)15(12)4;1-12(2,3)14-11-13-9-7-5-6-8-10(9)15(11)4;1-12(2,3)8-11-13-9-6-4-5-7-10(9)14-11;1-8(2)7-10-13-9-5-4-6-12-11(9)14(10)3;1-7(2)12-10-13-8-5-4-6-11-9(8)14(10)3;1-7(2)11-10-12-8-5-3-4-6-9(8)13-10;8*1-2/h4-7,9-11H,8H2,1-3H3;4-9,14H,1-3H3;5-8H,9H2,1-4H3;5-8H,1-4H3,(H,13,14);4-7H,8H2,1-3H3;4-6,8H,7H2,1-3H3;4-7H,1-3H3,(H,12,13);3-7H,1-2H3,(H,11,12);8*1-2H3. The molecule has 1 aliphatic rings. The molecule has 16 rings (SSSR count). The summed E-state index contributed by atoms with van der Waals surface area (Å²) in [6.07, 6.45) is 9.34. The number of aryl methyl sites for hydroxylation is 5. The van der Waals surface area contributed by atoms with E-state index in [0.29, 0.717) is 41.9 Å². The first kappa shape index (κ1) is 119. The van der Waals surface area contributed by atoms with Crippen LogP contribution in [0.4, 0.5) is 23.7 Å². The zero-order valence-electron chi connectivity index (χ0n) is 89.7. The average molecular weight is 1820 g/mol. The molecule has 0 spiro atoms. The number of rotatable bonds is 13. The van der Waals surface area contributed by atoms with Crippen LogP contribution >= 0.6 is 0 Å². The summed E-state index contributed by atoms with van der Waals surface area (Å²) < 4.78 is 21.4. The van der Waals surface area contributed by atoms with Crippen molar-refractivity contribution in [1.82, 2.24) is 62.7 Å². The zero-order chi connectivity index (χ0) is 101. The summed E-state index contributed by atoms with van der Waals surface area (Å²) in [7, 11) is 10.1. The summed E-state index contributed by atoms with van der Waals surface area (Å²) in [5, 5.41) is 13.8. The second kappa shape index (κ2) is 61.1. The van der Waals surface area contributed by atoms with Gasteiger partial charge < -0.3 is 48.4 Å². The van der Waals surface area contributed by atoms with Crippen molar-refractivity contribution < 1.29 is 13.6 Å². The smallest absolute Gasteiger partial charge is 0.295 e. The monoisotopic (exact) mass is 1820 g/mol. The van der Waals surface area contributed by atoms with Gasteiger partial charge in [0.15, 0.2) is 39.6 Å². The Balaban J connectivity index is 0.000000743. The lowest BCUT2D eigenvalue weighted by Crippen LogP contribution is -2.27. The predicted molar refractivity (Wildman–Crippen MR) is 578 cm³/mol. The SMILES string of the molecule is CC.CC.CC.CC.CC.CC.CC.CC.CC(C)(C)Cc1nc2ccccc2o1.CC(C)CC1=CC(=O)c2ccccc2C1C.CC(C)Cc1nc2cccnc2n1C.CC(C)Nc1cc(=O)c2ccccc2n1C.CC(C)Nc1nc2ccccc2o1.CC(C)Nc1nc2cccnc2n1C.Cn1c(CC(C)(C)C)nc2ccccc21.Cn1c(NC(C)(C)C)nc2ccccc21. The lowest BCUT2D eigenvalue weighted by atomic mass is 9.79. The van der Waals surface area contributed by atoms with E-state index in [0.717, 1.165) is 133 Å². The van der Waals surface area contributed by atoms with Crippen molar-refractivity contribution in [3.05, 3.63) is 239 Å². The Bertz CT molecular complexity index is 5600. The molecule has 6 aromatic carbocycles. The number of carbonyl (C=O) groups excluding carboxylic acids is 1. The Kier molecular flexibility index (Phi) is 54.8. The van der Waals surface area contributed by atoms with Gasteiger partial charge in [0.2, 0.25) is 11.9 Å². The number of allylic oxidation sites excluding steroid dienone is 2. The lowest BCUT2D eigenvalue weighted by Gasteiger charge is -2.24. The molecule has 4 N–H and O–H groups in total. The molecule has 730 valence electrons. The van der Waals surface area contributed by atoms with Gasteiger partial charge in [-0.25, -0.2) is 34.9 Å². The summed E-state index contributed by atoms with van der Waals surface area (Å²) in [4.78, 5) is 59.3. The van der Waals surface area contributed by atoms with Crippen LogP contribution in [0.1, 0.15) is 295 Å². The minimum absolute atomic E-state index is 0.0368. The molecule has 0 saturated heterocycles. The molecule has 9 heterocycles. The molecule has 1 aliphatic carbocycles. The first-order chi connectivity index (χ1) is 63.3. The first-order valence-corrected chi connectivity index (χ1v) is 48.9. The minimum atomic E-state index is 0.0368. The van der Waals surface area contributed by atoms with Crippen molar-refractivity contribution in [1.29, 1.82) is 0 Å². The molecule has 15 aromatic rings. The second-order valence-corrected chi connectivity index (χ2v) is 35.2. The molecule has 9 aromatic heterocycles. The third kappa shape index (κ3) is 39.2. The number of nitrogens with zero attached hydrogens (tertiary/aromatic N) is 13. The summed E-state index contributed by atoms with van der Waals surface area (Å²) in [6.45, 7) is 75.0. The van der Waals surface area contributed by atoms with E-state index in [9.17, 15) is 9.59 Å². The maximum Gasteiger partial charge on any atom is 0.295 e. The highest BCUT2D eigenvalue weighted by Crippen LogP contribution is 2.36. The number of nitrogens with one attached hydrogen (secondary N) is 4. The summed E-state index contributed by atoms with van der Waals surface area (Å²) in [6, 6.07) is 58.7. The molecule has 0 aliphatic heterocycles. The zero-order valence-corrected chi connectivity index (χ0v) is 89.7. The van der Waals surface area contributed by atoms with E-state index < -0.39 is 0 Å². The number of oxazole rings is 2. The van der Waals surface area contributed by atoms with Crippen LogP contribution in [0.15, 0.2) is 214 Å². The molecule has 21 nitrogen and oxygen atoms in total. The number of anilines is 4. The van der Waals surface area contributed by atoms with Crippen LogP contribution in [0.25, 0.3) is 77.5 Å². The van der Waals surface area contributed by atoms with Crippen molar-refractivity contribution in [3.63, 3.8) is 0 Å². The number of hydrogen-bond acceptors (Lipinski definition) is 16. The van der Waals surface area contributed by atoms with Crippen molar-refractivity contribution in [2.45, 2.75) is 305 Å². The van der Waals surface area contributed by atoms with Gasteiger partial charge in [-0.15, -0.1) is 0 Å². The lowest BCUT2D eigenvalue weighted by molar-refractivity contribution is 0.104. The van der Waals surface area contributed by atoms with Gasteiger partial charge >= 0.3 is 0 Å². The number of carbonyl (C=O) groups is 1. The Labute approximate surface area is 801 Å². The third-order valence-electron chi connectivity index (χ3n) is 18.7.